The van der Waals surface area contributed by atoms with Gasteiger partial charge in [-0.1, -0.05) is 60.7 Å². The molecule has 1 fully saturated rings. The highest BCUT2D eigenvalue weighted by Crippen LogP contribution is 2.34. The van der Waals surface area contributed by atoms with Gasteiger partial charge in [-0.25, -0.2) is 0 Å². The Morgan fingerprint density at radius 2 is 1.61 bits per heavy atom. The Balaban J connectivity index is 1.17. The average Bonchev–Trinajstić information content (AvgIpc) is 3.47. The number of alkyl halides is 3. The number of thiophene rings is 1. The molecule has 9 heteroatoms. The van der Waals surface area contributed by atoms with Crippen LogP contribution in [0, 0.1) is 0 Å². The van der Waals surface area contributed by atoms with E-state index < -0.39 is 6.36 Å². The van der Waals surface area contributed by atoms with Crippen LogP contribution < -0.4 is 10.1 Å². The number of carbonyl (C=O) groups excluding carboxylic acids is 2. The van der Waals surface area contributed by atoms with E-state index in [0.29, 0.717) is 47.8 Å². The Hall–Kier alpha value is -4.11. The number of anilines is 1. The fourth-order valence-electron chi connectivity index (χ4n) is 5.03. The van der Waals surface area contributed by atoms with Gasteiger partial charge in [0, 0.05) is 41.0 Å². The van der Waals surface area contributed by atoms with Gasteiger partial charge in [-0.05, 0) is 60.6 Å². The summed E-state index contributed by atoms with van der Waals surface area (Å²) in [5, 5.41) is 4.79. The molecule has 4 aromatic rings. The molecule has 2 heterocycles. The average molecular weight is 579 g/mol. The van der Waals surface area contributed by atoms with Gasteiger partial charge in [0.25, 0.3) is 5.91 Å². The van der Waals surface area contributed by atoms with Gasteiger partial charge in [0.15, 0.2) is 0 Å². The Bertz CT molecular complexity index is 1480. The number of likely N-dealkylation sites (tertiary alicyclic amines) is 1. The molecule has 1 N–H and O–H groups in total. The summed E-state index contributed by atoms with van der Waals surface area (Å²) < 4.78 is 41.5. The maximum atomic E-state index is 13.1. The molecule has 1 saturated heterocycles. The minimum Gasteiger partial charge on any atom is -0.406 e. The number of nitrogens with one attached hydrogen (secondary N) is 1. The molecule has 1 aliphatic rings. The highest BCUT2D eigenvalue weighted by molar-refractivity contribution is 7.10. The lowest BCUT2D eigenvalue weighted by Gasteiger charge is -2.31. The maximum absolute atomic E-state index is 13.1. The molecule has 41 heavy (non-hydrogen) atoms. The smallest absolute Gasteiger partial charge is 0.406 e. The highest BCUT2D eigenvalue weighted by Gasteiger charge is 2.31. The molecule has 2 amide bonds. The van der Waals surface area contributed by atoms with Crippen LogP contribution in [0.2, 0.25) is 0 Å². The summed E-state index contributed by atoms with van der Waals surface area (Å²) in [6.45, 7) is 1.41. The number of amides is 2. The molecule has 0 bridgehead atoms. The molecular weight excluding hydrogens is 549 g/mol. The number of rotatable bonds is 8. The molecule has 0 radical (unpaired) electrons. The minimum absolute atomic E-state index is 0.180. The Morgan fingerprint density at radius 3 is 2.32 bits per heavy atom. The van der Waals surface area contributed by atoms with E-state index in [1.807, 2.05) is 46.7 Å². The predicted octanol–water partition coefficient (Wildman–Crippen LogP) is 7.90. The van der Waals surface area contributed by atoms with Crippen LogP contribution in [0.5, 0.6) is 5.75 Å². The van der Waals surface area contributed by atoms with Crippen LogP contribution in [-0.4, -0.2) is 36.2 Å². The van der Waals surface area contributed by atoms with Gasteiger partial charge in [-0.3, -0.25) is 9.59 Å². The van der Waals surface area contributed by atoms with Crippen LogP contribution in [0.4, 0.5) is 18.9 Å². The topological polar surface area (TPSA) is 58.6 Å². The molecule has 0 aliphatic carbocycles. The summed E-state index contributed by atoms with van der Waals surface area (Å²) >= 11 is 1.55. The monoisotopic (exact) mass is 578 g/mol. The first-order chi connectivity index (χ1) is 19.7. The molecular formula is C32H29F3N2O3S. The third-order valence-corrected chi connectivity index (χ3v) is 8.27. The largest absolute Gasteiger partial charge is 0.573 e. The number of para-hydroxylation sites is 1. The van der Waals surface area contributed by atoms with Crippen molar-refractivity contribution in [1.82, 2.24) is 4.90 Å². The zero-order valence-corrected chi connectivity index (χ0v) is 23.0. The normalized spacial score (nSPS) is 14.1. The first kappa shape index (κ1) is 28.4. The molecule has 1 aliphatic heterocycles. The third kappa shape index (κ3) is 7.55. The van der Waals surface area contributed by atoms with Gasteiger partial charge in [-0.15, -0.1) is 24.5 Å². The maximum Gasteiger partial charge on any atom is 0.573 e. The lowest BCUT2D eigenvalue weighted by Crippen LogP contribution is -2.37. The summed E-state index contributed by atoms with van der Waals surface area (Å²) in [6, 6.07) is 24.6. The first-order valence-electron chi connectivity index (χ1n) is 13.4. The highest BCUT2D eigenvalue weighted by atomic mass is 32.1. The molecule has 3 aromatic carbocycles. The van der Waals surface area contributed by atoms with E-state index in [2.05, 4.69) is 10.1 Å². The van der Waals surface area contributed by atoms with Crippen molar-refractivity contribution in [2.45, 2.75) is 38.0 Å². The number of hydrogen-bond acceptors (Lipinski definition) is 4. The zero-order valence-electron chi connectivity index (χ0n) is 22.2. The molecule has 0 saturated carbocycles. The van der Waals surface area contributed by atoms with Crippen LogP contribution in [0.1, 0.15) is 46.0 Å². The van der Waals surface area contributed by atoms with Gasteiger partial charge in [-0.2, -0.15) is 0 Å². The van der Waals surface area contributed by atoms with Crippen molar-refractivity contribution >= 4 is 28.8 Å². The van der Waals surface area contributed by atoms with Crippen molar-refractivity contribution in [3.8, 4) is 16.9 Å². The van der Waals surface area contributed by atoms with Gasteiger partial charge in [0.1, 0.15) is 5.75 Å². The quantitative estimate of drug-likeness (QED) is 0.231. The molecule has 5 rings (SSSR count). The van der Waals surface area contributed by atoms with Crippen molar-refractivity contribution in [3.05, 3.63) is 106 Å². The number of carbonyl (C=O) groups is 2. The van der Waals surface area contributed by atoms with E-state index in [0.717, 1.165) is 29.7 Å². The van der Waals surface area contributed by atoms with Crippen molar-refractivity contribution in [1.29, 1.82) is 0 Å². The molecule has 5 nitrogen and oxygen atoms in total. The van der Waals surface area contributed by atoms with Crippen LogP contribution in [-0.2, 0) is 11.2 Å². The van der Waals surface area contributed by atoms with Gasteiger partial charge in [0.05, 0.1) is 5.56 Å². The number of nitrogens with zero attached hydrogens (tertiary/aromatic N) is 1. The third-order valence-electron chi connectivity index (χ3n) is 7.18. The summed E-state index contributed by atoms with van der Waals surface area (Å²) in [5.41, 5.74) is 3.59. The fourth-order valence-corrected chi connectivity index (χ4v) is 6.09. The standard InChI is InChI=1S/C32H29F3N2O3S/c33-32(34,35)40-26-13-11-23(12-14-26)27-8-4-5-9-28(27)36-31(39)25-20-29(41-21-25)24-16-18-37(19-17-24)30(38)15-10-22-6-2-1-3-7-22/h1-9,11-14,20-21,24H,10,15-19H2,(H,36,39). The summed E-state index contributed by atoms with van der Waals surface area (Å²) in [4.78, 5) is 28.9. The number of aryl methyl sites for hydroxylation is 1. The SMILES string of the molecule is O=C(Nc1ccccc1-c1ccc(OC(F)(F)F)cc1)c1csc(C2CCN(C(=O)CCc3ccccc3)CC2)c1. The number of piperidine rings is 1. The van der Waals surface area contributed by atoms with Crippen LogP contribution >= 0.6 is 11.3 Å². The van der Waals surface area contributed by atoms with Gasteiger partial charge < -0.3 is 15.0 Å². The van der Waals surface area contributed by atoms with Gasteiger partial charge >= 0.3 is 6.36 Å². The van der Waals surface area contributed by atoms with Crippen molar-refractivity contribution < 1.29 is 27.5 Å². The number of halogens is 3. The summed E-state index contributed by atoms with van der Waals surface area (Å²) in [5.74, 6) is -0.0920. The summed E-state index contributed by atoms with van der Waals surface area (Å²) in [6.07, 6.45) is -1.80. The van der Waals surface area contributed by atoms with Gasteiger partial charge in [0.2, 0.25) is 5.91 Å². The Labute approximate surface area is 240 Å². The van der Waals surface area contributed by atoms with Crippen molar-refractivity contribution in [3.63, 3.8) is 0 Å². The molecule has 0 unspecified atom stereocenters. The summed E-state index contributed by atoms with van der Waals surface area (Å²) in [7, 11) is 0. The lowest BCUT2D eigenvalue weighted by atomic mass is 9.94. The molecule has 0 atom stereocenters. The fraction of sp³-hybridized carbons (Fsp3) is 0.250. The van der Waals surface area contributed by atoms with Crippen molar-refractivity contribution in [2.24, 2.45) is 0 Å². The molecule has 1 aromatic heterocycles. The van der Waals surface area contributed by atoms with Crippen LogP contribution in [0.3, 0.4) is 0 Å². The number of hydrogen-bond donors (Lipinski definition) is 1. The molecule has 212 valence electrons. The predicted molar refractivity (Wildman–Crippen MR) is 154 cm³/mol. The van der Waals surface area contributed by atoms with E-state index in [-0.39, 0.29) is 17.6 Å². The van der Waals surface area contributed by atoms with Crippen LogP contribution in [0.25, 0.3) is 11.1 Å². The zero-order chi connectivity index (χ0) is 28.8. The second-order valence-corrected chi connectivity index (χ2v) is 10.9. The minimum atomic E-state index is -4.76. The Kier molecular flexibility index (Phi) is 8.73. The number of ether oxygens (including phenoxy) is 1. The lowest BCUT2D eigenvalue weighted by molar-refractivity contribution is -0.274. The van der Waals surface area contributed by atoms with E-state index >= 15 is 0 Å². The van der Waals surface area contributed by atoms with E-state index in [4.69, 9.17) is 0 Å². The molecule has 0 spiro atoms. The van der Waals surface area contributed by atoms with E-state index in [1.165, 1.54) is 24.3 Å². The van der Waals surface area contributed by atoms with E-state index in [1.54, 1.807) is 35.6 Å². The first-order valence-corrected chi connectivity index (χ1v) is 14.3. The van der Waals surface area contributed by atoms with Crippen molar-refractivity contribution in [2.75, 3.05) is 18.4 Å². The van der Waals surface area contributed by atoms with E-state index in [9.17, 15) is 22.8 Å². The number of benzene rings is 3. The van der Waals surface area contributed by atoms with Crippen LogP contribution in [0.15, 0.2) is 90.3 Å². The second-order valence-electron chi connectivity index (χ2n) is 9.95. The Morgan fingerprint density at radius 1 is 0.927 bits per heavy atom. The second kappa shape index (κ2) is 12.6.